The number of nitrogens with zero attached hydrogens (tertiary/aromatic N) is 4. The van der Waals surface area contributed by atoms with E-state index in [1.54, 1.807) is 24.4 Å². The maximum atomic E-state index is 13.7. The molecule has 1 aromatic heterocycles. The van der Waals surface area contributed by atoms with Crippen molar-refractivity contribution in [2.24, 2.45) is 0 Å². The zero-order valence-corrected chi connectivity index (χ0v) is 16.4. The Morgan fingerprint density at radius 1 is 1.07 bits per heavy atom. The van der Waals surface area contributed by atoms with Crippen LogP contribution in [0.25, 0.3) is 0 Å². The fraction of sp³-hybridized carbons (Fsp3) is 0.286. The summed E-state index contributed by atoms with van der Waals surface area (Å²) in [6.45, 7) is 8.57. The lowest BCUT2D eigenvalue weighted by Gasteiger charge is -2.22. The molecule has 0 bridgehead atoms. The van der Waals surface area contributed by atoms with Crippen LogP contribution in [0.4, 0.5) is 27.5 Å². The van der Waals surface area contributed by atoms with Crippen molar-refractivity contribution in [2.45, 2.75) is 27.3 Å². The summed E-state index contributed by atoms with van der Waals surface area (Å²) in [7, 11) is 0. The smallest absolute Gasteiger partial charge is 0.244 e. The van der Waals surface area contributed by atoms with Crippen LogP contribution >= 0.6 is 0 Å². The van der Waals surface area contributed by atoms with Gasteiger partial charge in [-0.1, -0.05) is 18.2 Å². The van der Waals surface area contributed by atoms with Gasteiger partial charge in [0.25, 0.3) is 0 Å². The molecule has 2 aromatic carbocycles. The summed E-state index contributed by atoms with van der Waals surface area (Å²) in [6.07, 6.45) is 1.56. The number of aromatic nitrogens is 3. The molecule has 3 aromatic rings. The Bertz CT molecular complexity index is 926. The first kappa shape index (κ1) is 19.5. The molecule has 0 atom stereocenters. The second-order valence-electron chi connectivity index (χ2n) is 6.41. The molecule has 3 rings (SSSR count). The highest BCUT2D eigenvalue weighted by atomic mass is 19.1. The number of anilines is 4. The first-order chi connectivity index (χ1) is 13.6. The minimum Gasteiger partial charge on any atom is -0.372 e. The number of hydrogen-bond acceptors (Lipinski definition) is 6. The molecule has 6 nitrogen and oxygen atoms in total. The molecule has 0 fully saturated rings. The van der Waals surface area contributed by atoms with E-state index in [1.807, 2.05) is 6.07 Å². The van der Waals surface area contributed by atoms with Gasteiger partial charge in [-0.15, -0.1) is 5.10 Å². The van der Waals surface area contributed by atoms with Crippen LogP contribution in [-0.2, 0) is 6.54 Å². The molecule has 28 heavy (non-hydrogen) atoms. The Hall–Kier alpha value is -3.22. The Kier molecular flexibility index (Phi) is 6.37. The van der Waals surface area contributed by atoms with E-state index in [1.165, 1.54) is 11.8 Å². The van der Waals surface area contributed by atoms with E-state index in [2.05, 4.69) is 63.6 Å². The maximum Gasteiger partial charge on any atom is 0.244 e. The van der Waals surface area contributed by atoms with Gasteiger partial charge in [-0.3, -0.25) is 0 Å². The predicted octanol–water partition coefficient (Wildman–Crippen LogP) is 4.52. The highest BCUT2D eigenvalue weighted by Crippen LogP contribution is 2.25. The molecule has 0 aliphatic rings. The predicted molar refractivity (Wildman–Crippen MR) is 112 cm³/mol. The summed E-state index contributed by atoms with van der Waals surface area (Å²) in [5.41, 5.74) is 3.81. The lowest BCUT2D eigenvalue weighted by Crippen LogP contribution is -2.21. The third-order valence-corrected chi connectivity index (χ3v) is 4.55. The van der Waals surface area contributed by atoms with Crippen LogP contribution in [0, 0.1) is 12.7 Å². The average Bonchev–Trinajstić information content (AvgIpc) is 2.71. The normalized spacial score (nSPS) is 10.6. The molecule has 0 aliphatic heterocycles. The third-order valence-electron chi connectivity index (χ3n) is 4.55. The number of halogens is 1. The van der Waals surface area contributed by atoms with Crippen molar-refractivity contribution in [3.8, 4) is 0 Å². The SMILES string of the molecule is CCN(CC)c1ccc(Nc2cnnc(NCc3ccccc3F)n2)c(C)c1. The molecular weight excluding hydrogens is 355 g/mol. The van der Waals surface area contributed by atoms with Gasteiger partial charge in [-0.2, -0.15) is 10.1 Å². The van der Waals surface area contributed by atoms with E-state index in [-0.39, 0.29) is 12.4 Å². The quantitative estimate of drug-likeness (QED) is 0.599. The number of hydrogen-bond donors (Lipinski definition) is 2. The van der Waals surface area contributed by atoms with E-state index in [0.29, 0.717) is 17.3 Å². The van der Waals surface area contributed by atoms with Crippen molar-refractivity contribution < 1.29 is 4.39 Å². The molecular formula is C21H25FN6. The lowest BCUT2D eigenvalue weighted by atomic mass is 10.1. The summed E-state index contributed by atoms with van der Waals surface area (Å²) in [5.74, 6) is 0.650. The van der Waals surface area contributed by atoms with Crippen molar-refractivity contribution >= 4 is 23.1 Å². The maximum absolute atomic E-state index is 13.7. The number of nitrogens with one attached hydrogen (secondary N) is 2. The van der Waals surface area contributed by atoms with Crippen LogP contribution in [0.3, 0.4) is 0 Å². The van der Waals surface area contributed by atoms with Gasteiger partial charge < -0.3 is 15.5 Å². The van der Waals surface area contributed by atoms with Gasteiger partial charge in [0, 0.05) is 36.6 Å². The molecule has 0 amide bonds. The zero-order chi connectivity index (χ0) is 19.9. The summed E-state index contributed by atoms with van der Waals surface area (Å²) < 4.78 is 13.7. The van der Waals surface area contributed by atoms with E-state index < -0.39 is 0 Å². The highest BCUT2D eigenvalue weighted by Gasteiger charge is 2.07. The largest absolute Gasteiger partial charge is 0.372 e. The topological polar surface area (TPSA) is 66.0 Å². The van der Waals surface area contributed by atoms with Crippen LogP contribution < -0.4 is 15.5 Å². The molecule has 0 saturated carbocycles. The van der Waals surface area contributed by atoms with Crippen molar-refractivity contribution in [3.05, 3.63) is 65.6 Å². The van der Waals surface area contributed by atoms with Crippen molar-refractivity contribution in [2.75, 3.05) is 28.6 Å². The number of benzene rings is 2. The zero-order valence-electron chi connectivity index (χ0n) is 16.4. The molecule has 0 aliphatic carbocycles. The number of rotatable bonds is 8. The minimum absolute atomic E-state index is 0.263. The van der Waals surface area contributed by atoms with Gasteiger partial charge in [0.2, 0.25) is 5.95 Å². The van der Waals surface area contributed by atoms with Crippen LogP contribution in [0.2, 0.25) is 0 Å². The standard InChI is InChI=1S/C21H25FN6/c1-4-28(5-2)17-10-11-19(15(3)12-17)25-20-14-24-27-21(26-20)23-13-16-8-6-7-9-18(16)22/h6-12,14H,4-5,13H2,1-3H3,(H2,23,25,26,27). The third kappa shape index (κ3) is 4.73. The summed E-state index contributed by atoms with van der Waals surface area (Å²) in [6, 6.07) is 12.9. The molecule has 0 radical (unpaired) electrons. The lowest BCUT2D eigenvalue weighted by molar-refractivity contribution is 0.612. The van der Waals surface area contributed by atoms with Gasteiger partial charge in [0.15, 0.2) is 5.82 Å². The van der Waals surface area contributed by atoms with Crippen LogP contribution in [0.1, 0.15) is 25.0 Å². The Morgan fingerprint density at radius 2 is 1.86 bits per heavy atom. The fourth-order valence-corrected chi connectivity index (χ4v) is 2.97. The molecule has 2 N–H and O–H groups in total. The van der Waals surface area contributed by atoms with E-state index in [4.69, 9.17) is 0 Å². The minimum atomic E-state index is -0.263. The van der Waals surface area contributed by atoms with Crippen molar-refractivity contribution in [1.29, 1.82) is 0 Å². The van der Waals surface area contributed by atoms with Crippen molar-refractivity contribution in [3.63, 3.8) is 0 Å². The fourth-order valence-electron chi connectivity index (χ4n) is 2.97. The van der Waals surface area contributed by atoms with Gasteiger partial charge in [-0.25, -0.2) is 4.39 Å². The highest BCUT2D eigenvalue weighted by molar-refractivity contribution is 5.65. The van der Waals surface area contributed by atoms with Gasteiger partial charge >= 0.3 is 0 Å². The molecule has 7 heteroatoms. The van der Waals surface area contributed by atoms with E-state index in [9.17, 15) is 4.39 Å². The Morgan fingerprint density at radius 3 is 2.57 bits per heavy atom. The first-order valence-corrected chi connectivity index (χ1v) is 9.40. The molecule has 0 unspecified atom stereocenters. The van der Waals surface area contributed by atoms with Gasteiger partial charge in [0.05, 0.1) is 6.20 Å². The molecule has 1 heterocycles. The van der Waals surface area contributed by atoms with Gasteiger partial charge in [0.1, 0.15) is 5.82 Å². The summed E-state index contributed by atoms with van der Waals surface area (Å²) in [4.78, 5) is 6.71. The van der Waals surface area contributed by atoms with Crippen molar-refractivity contribution in [1.82, 2.24) is 15.2 Å². The second-order valence-corrected chi connectivity index (χ2v) is 6.41. The monoisotopic (exact) mass is 380 g/mol. The molecule has 0 spiro atoms. The van der Waals surface area contributed by atoms with Crippen LogP contribution in [-0.4, -0.2) is 28.3 Å². The molecule has 0 saturated heterocycles. The van der Waals surface area contributed by atoms with Crippen LogP contribution in [0.5, 0.6) is 0 Å². The van der Waals surface area contributed by atoms with E-state index in [0.717, 1.165) is 24.3 Å². The second kappa shape index (κ2) is 9.12. The number of aryl methyl sites for hydroxylation is 1. The van der Waals surface area contributed by atoms with Gasteiger partial charge in [-0.05, 0) is 50.6 Å². The van der Waals surface area contributed by atoms with Crippen LogP contribution in [0.15, 0.2) is 48.7 Å². The Balaban J connectivity index is 1.70. The summed E-state index contributed by atoms with van der Waals surface area (Å²) >= 11 is 0. The summed E-state index contributed by atoms with van der Waals surface area (Å²) in [5, 5.41) is 14.2. The Labute approximate surface area is 164 Å². The average molecular weight is 380 g/mol. The molecule has 146 valence electrons. The van der Waals surface area contributed by atoms with E-state index >= 15 is 0 Å². The first-order valence-electron chi connectivity index (χ1n) is 9.40.